The molecule has 0 bridgehead atoms. The first-order chi connectivity index (χ1) is 5.04. The second-order valence-electron chi connectivity index (χ2n) is 2.43. The molecule has 1 heterocycles. The summed E-state index contributed by atoms with van der Waals surface area (Å²) in [6.45, 7) is 3.13. The third kappa shape index (κ3) is 1.68. The minimum atomic E-state index is -0.883. The molecule has 0 aromatic heterocycles. The molecule has 0 unspecified atom stereocenters. The number of carbonyl (C=O) groups is 1. The lowest BCUT2D eigenvalue weighted by Gasteiger charge is -2.24. The van der Waals surface area contributed by atoms with Crippen LogP contribution in [0.4, 0.5) is 0 Å². The van der Waals surface area contributed by atoms with Crippen LogP contribution >= 0.6 is 12.6 Å². The fraction of sp³-hybridized carbons (Fsp3) is 0.571. The molecule has 1 aliphatic heterocycles. The van der Waals surface area contributed by atoms with Gasteiger partial charge in [-0.15, -0.1) is 12.6 Å². The first-order valence-corrected chi connectivity index (χ1v) is 3.74. The molecular formula is C7H10O3S. The second-order valence-corrected chi connectivity index (χ2v) is 3.13. The van der Waals surface area contributed by atoms with Gasteiger partial charge < -0.3 is 9.47 Å². The molecule has 0 N–H and O–H groups in total. The van der Waals surface area contributed by atoms with Crippen molar-refractivity contribution < 1.29 is 14.3 Å². The highest BCUT2D eigenvalue weighted by Gasteiger charge is 2.38. The van der Waals surface area contributed by atoms with Gasteiger partial charge in [-0.25, -0.2) is 0 Å². The molecule has 3 nitrogen and oxygen atoms in total. The highest BCUT2D eigenvalue weighted by molar-refractivity contribution is 7.81. The summed E-state index contributed by atoms with van der Waals surface area (Å²) < 4.78 is 9.96. The standard InChI is InChI=1S/C7H10O3S/c1-5-7(11,3-4-9-5)10-6(2)8/h3-5,11H,1-2H3/t5-,7-/m0/s1. The molecular weight excluding hydrogens is 164 g/mol. The normalized spacial score (nSPS) is 35.0. The average molecular weight is 174 g/mol. The Bertz CT molecular complexity index is 202. The minimum Gasteiger partial charge on any atom is -0.493 e. The van der Waals surface area contributed by atoms with Crippen LogP contribution in [-0.4, -0.2) is 17.0 Å². The van der Waals surface area contributed by atoms with Crippen molar-refractivity contribution in [2.75, 3.05) is 0 Å². The number of ether oxygens (including phenoxy) is 2. The van der Waals surface area contributed by atoms with Gasteiger partial charge >= 0.3 is 5.97 Å². The molecule has 62 valence electrons. The van der Waals surface area contributed by atoms with Gasteiger partial charge in [0.15, 0.2) is 0 Å². The largest absolute Gasteiger partial charge is 0.493 e. The quantitative estimate of drug-likeness (QED) is 0.367. The smallest absolute Gasteiger partial charge is 0.304 e. The van der Waals surface area contributed by atoms with Crippen LogP contribution in [0, 0.1) is 0 Å². The summed E-state index contributed by atoms with van der Waals surface area (Å²) in [6, 6.07) is 0. The van der Waals surface area contributed by atoms with Crippen LogP contribution in [0.2, 0.25) is 0 Å². The molecule has 0 saturated carbocycles. The fourth-order valence-corrected chi connectivity index (χ4v) is 1.09. The molecule has 1 aliphatic rings. The molecule has 0 aromatic rings. The summed E-state index contributed by atoms with van der Waals surface area (Å²) in [7, 11) is 0. The maximum absolute atomic E-state index is 10.6. The molecule has 0 radical (unpaired) electrons. The Labute approximate surface area is 70.8 Å². The molecule has 1 rings (SSSR count). The molecule has 0 amide bonds. The molecule has 0 aliphatic carbocycles. The Hall–Kier alpha value is -0.640. The van der Waals surface area contributed by atoms with Gasteiger partial charge in [0.1, 0.15) is 6.10 Å². The number of esters is 1. The SMILES string of the molecule is CC(=O)O[C@]1(S)C=CO[C@H]1C. The molecule has 11 heavy (non-hydrogen) atoms. The van der Waals surface area contributed by atoms with E-state index in [0.29, 0.717) is 0 Å². The predicted octanol–water partition coefficient (Wildman–Crippen LogP) is 1.11. The van der Waals surface area contributed by atoms with E-state index in [4.69, 9.17) is 9.47 Å². The first-order valence-electron chi connectivity index (χ1n) is 3.30. The van der Waals surface area contributed by atoms with E-state index in [2.05, 4.69) is 12.6 Å². The van der Waals surface area contributed by atoms with Crippen molar-refractivity contribution in [3.05, 3.63) is 12.3 Å². The van der Waals surface area contributed by atoms with Crippen molar-refractivity contribution >= 4 is 18.6 Å². The molecule has 0 fully saturated rings. The summed E-state index contributed by atoms with van der Waals surface area (Å²) in [5.41, 5.74) is 0. The summed E-state index contributed by atoms with van der Waals surface area (Å²) in [5.74, 6) is -0.359. The Balaban J connectivity index is 2.65. The third-order valence-corrected chi connectivity index (χ3v) is 2.08. The predicted molar refractivity (Wildman–Crippen MR) is 43.2 cm³/mol. The first kappa shape index (κ1) is 8.46. The van der Waals surface area contributed by atoms with Crippen molar-refractivity contribution in [1.82, 2.24) is 0 Å². The van der Waals surface area contributed by atoms with Crippen molar-refractivity contribution in [1.29, 1.82) is 0 Å². The molecule has 0 saturated heterocycles. The van der Waals surface area contributed by atoms with E-state index in [1.165, 1.54) is 13.2 Å². The lowest BCUT2D eigenvalue weighted by molar-refractivity contribution is -0.149. The number of hydrogen-bond donors (Lipinski definition) is 1. The second kappa shape index (κ2) is 2.77. The van der Waals surface area contributed by atoms with E-state index in [0.717, 1.165) is 0 Å². The molecule has 0 spiro atoms. The fourth-order valence-electron chi connectivity index (χ4n) is 0.835. The number of thiol groups is 1. The number of rotatable bonds is 1. The zero-order valence-electron chi connectivity index (χ0n) is 6.40. The summed E-state index contributed by atoms with van der Waals surface area (Å²) in [6.07, 6.45) is 2.87. The van der Waals surface area contributed by atoms with Crippen LogP contribution in [0.1, 0.15) is 13.8 Å². The minimum absolute atomic E-state index is 0.227. The Kier molecular flexibility index (Phi) is 2.13. The molecule has 4 heteroatoms. The van der Waals surface area contributed by atoms with Crippen LogP contribution in [0.25, 0.3) is 0 Å². The molecule has 2 atom stereocenters. The zero-order chi connectivity index (χ0) is 8.48. The van der Waals surface area contributed by atoms with Crippen LogP contribution in [0.15, 0.2) is 12.3 Å². The van der Waals surface area contributed by atoms with E-state index in [9.17, 15) is 4.79 Å². The van der Waals surface area contributed by atoms with E-state index in [1.54, 1.807) is 13.0 Å². The van der Waals surface area contributed by atoms with Crippen LogP contribution in [0.5, 0.6) is 0 Å². The summed E-state index contributed by atoms with van der Waals surface area (Å²) >= 11 is 4.16. The van der Waals surface area contributed by atoms with Gasteiger partial charge in [-0.05, 0) is 6.92 Å². The lowest BCUT2D eigenvalue weighted by atomic mass is 10.2. The van der Waals surface area contributed by atoms with Crippen LogP contribution < -0.4 is 0 Å². The van der Waals surface area contributed by atoms with Gasteiger partial charge in [0.25, 0.3) is 0 Å². The Morgan fingerprint density at radius 1 is 1.82 bits per heavy atom. The van der Waals surface area contributed by atoms with Gasteiger partial charge in [0, 0.05) is 13.0 Å². The maximum Gasteiger partial charge on any atom is 0.304 e. The van der Waals surface area contributed by atoms with Gasteiger partial charge in [0.2, 0.25) is 4.93 Å². The number of carbonyl (C=O) groups excluding carboxylic acids is 1. The van der Waals surface area contributed by atoms with Crippen LogP contribution in [0.3, 0.4) is 0 Å². The molecule has 0 aromatic carbocycles. The third-order valence-electron chi connectivity index (χ3n) is 1.48. The van der Waals surface area contributed by atoms with Crippen LogP contribution in [-0.2, 0) is 14.3 Å². The monoisotopic (exact) mass is 174 g/mol. The van der Waals surface area contributed by atoms with Gasteiger partial charge in [-0.1, -0.05) is 0 Å². The highest BCUT2D eigenvalue weighted by Crippen LogP contribution is 2.30. The van der Waals surface area contributed by atoms with Crippen molar-refractivity contribution in [3.63, 3.8) is 0 Å². The van der Waals surface area contributed by atoms with Crippen molar-refractivity contribution in [2.24, 2.45) is 0 Å². The number of hydrogen-bond acceptors (Lipinski definition) is 4. The summed E-state index contributed by atoms with van der Waals surface area (Å²) in [4.78, 5) is 9.71. The maximum atomic E-state index is 10.6. The van der Waals surface area contributed by atoms with Crippen molar-refractivity contribution in [3.8, 4) is 0 Å². The summed E-state index contributed by atoms with van der Waals surface area (Å²) in [5, 5.41) is 0. The Morgan fingerprint density at radius 2 is 2.45 bits per heavy atom. The average Bonchev–Trinajstić information content (AvgIpc) is 2.11. The zero-order valence-corrected chi connectivity index (χ0v) is 7.30. The Morgan fingerprint density at radius 3 is 2.82 bits per heavy atom. The van der Waals surface area contributed by atoms with Crippen molar-refractivity contribution in [2.45, 2.75) is 24.9 Å². The van der Waals surface area contributed by atoms with E-state index in [-0.39, 0.29) is 12.1 Å². The van der Waals surface area contributed by atoms with Gasteiger partial charge in [0.05, 0.1) is 6.26 Å². The highest BCUT2D eigenvalue weighted by atomic mass is 32.1. The van der Waals surface area contributed by atoms with Gasteiger partial charge in [-0.3, -0.25) is 4.79 Å². The van der Waals surface area contributed by atoms with E-state index >= 15 is 0 Å². The van der Waals surface area contributed by atoms with Gasteiger partial charge in [-0.2, -0.15) is 0 Å². The van der Waals surface area contributed by atoms with E-state index in [1.807, 2.05) is 0 Å². The van der Waals surface area contributed by atoms with E-state index < -0.39 is 4.93 Å². The lowest BCUT2D eigenvalue weighted by Crippen LogP contribution is -2.34. The topological polar surface area (TPSA) is 35.5 Å².